The Labute approximate surface area is 75.5 Å². The van der Waals surface area contributed by atoms with Crippen LogP contribution in [0, 0.1) is 5.92 Å². The van der Waals surface area contributed by atoms with Crippen molar-refractivity contribution in [3.8, 4) is 0 Å². The van der Waals surface area contributed by atoms with E-state index < -0.39 is 0 Å². The van der Waals surface area contributed by atoms with E-state index in [4.69, 9.17) is 0 Å². The Bertz CT molecular complexity index is 147. The van der Waals surface area contributed by atoms with Crippen LogP contribution in [0.3, 0.4) is 0 Å². The lowest BCUT2D eigenvalue weighted by Gasteiger charge is -2.08. The zero-order chi connectivity index (χ0) is 8.97. The molecule has 0 aromatic heterocycles. The highest BCUT2D eigenvalue weighted by atomic mass is 16.3. The highest BCUT2D eigenvalue weighted by Crippen LogP contribution is 2.34. The molecule has 0 spiro atoms. The van der Waals surface area contributed by atoms with E-state index in [1.165, 1.54) is 18.4 Å². The SMILES string of the molecule is C=C(CC)CCCC(O)C1CC1. The summed E-state index contributed by atoms with van der Waals surface area (Å²) in [7, 11) is 0. The van der Waals surface area contributed by atoms with Crippen LogP contribution in [-0.2, 0) is 0 Å². The van der Waals surface area contributed by atoms with E-state index in [9.17, 15) is 5.11 Å². The van der Waals surface area contributed by atoms with E-state index in [2.05, 4.69) is 13.5 Å². The van der Waals surface area contributed by atoms with Crippen molar-refractivity contribution in [3.63, 3.8) is 0 Å². The highest BCUT2D eigenvalue weighted by molar-refractivity contribution is 4.92. The summed E-state index contributed by atoms with van der Waals surface area (Å²) in [6.07, 6.45) is 6.74. The summed E-state index contributed by atoms with van der Waals surface area (Å²) < 4.78 is 0. The van der Waals surface area contributed by atoms with Gasteiger partial charge in [-0.3, -0.25) is 0 Å². The number of rotatable bonds is 6. The second-order valence-electron chi connectivity index (χ2n) is 3.90. The first-order valence-corrected chi connectivity index (χ1v) is 5.08. The standard InChI is InChI=1S/C11H20O/c1-3-9(2)5-4-6-11(12)10-7-8-10/h10-12H,2-8H2,1H3. The maximum atomic E-state index is 9.54. The quantitative estimate of drug-likeness (QED) is 0.605. The van der Waals surface area contributed by atoms with E-state index in [1.54, 1.807) is 0 Å². The number of aliphatic hydroxyl groups excluding tert-OH is 1. The molecule has 1 rings (SSSR count). The van der Waals surface area contributed by atoms with Crippen molar-refractivity contribution in [2.75, 3.05) is 0 Å². The zero-order valence-corrected chi connectivity index (χ0v) is 8.05. The van der Waals surface area contributed by atoms with E-state index >= 15 is 0 Å². The Kier molecular flexibility index (Phi) is 3.80. The first-order valence-electron chi connectivity index (χ1n) is 5.08. The molecule has 0 aromatic carbocycles. The number of hydrogen-bond acceptors (Lipinski definition) is 1. The van der Waals surface area contributed by atoms with Crippen LogP contribution >= 0.6 is 0 Å². The lowest BCUT2D eigenvalue weighted by molar-refractivity contribution is 0.139. The van der Waals surface area contributed by atoms with Gasteiger partial charge in [-0.2, -0.15) is 0 Å². The molecule has 0 aliphatic heterocycles. The van der Waals surface area contributed by atoms with Crippen molar-refractivity contribution < 1.29 is 5.11 Å². The summed E-state index contributed by atoms with van der Waals surface area (Å²) in [5.74, 6) is 0.639. The van der Waals surface area contributed by atoms with Gasteiger partial charge in [-0.15, -0.1) is 0 Å². The third-order valence-corrected chi connectivity index (χ3v) is 2.70. The van der Waals surface area contributed by atoms with Gasteiger partial charge in [-0.05, 0) is 44.4 Å². The summed E-state index contributed by atoms with van der Waals surface area (Å²) >= 11 is 0. The Morgan fingerprint density at radius 2 is 2.25 bits per heavy atom. The van der Waals surface area contributed by atoms with Crippen molar-refractivity contribution in [2.45, 2.75) is 51.6 Å². The molecule has 1 unspecified atom stereocenters. The maximum Gasteiger partial charge on any atom is 0.0568 e. The third kappa shape index (κ3) is 3.40. The predicted molar refractivity (Wildman–Crippen MR) is 52.0 cm³/mol. The molecular formula is C11H20O. The Morgan fingerprint density at radius 3 is 2.75 bits per heavy atom. The minimum absolute atomic E-state index is 0.0188. The molecular weight excluding hydrogens is 148 g/mol. The zero-order valence-electron chi connectivity index (χ0n) is 8.05. The van der Waals surface area contributed by atoms with Crippen molar-refractivity contribution in [1.29, 1.82) is 0 Å². The van der Waals surface area contributed by atoms with Gasteiger partial charge >= 0.3 is 0 Å². The van der Waals surface area contributed by atoms with Gasteiger partial charge in [0.15, 0.2) is 0 Å². The van der Waals surface area contributed by atoms with Gasteiger partial charge in [-0.25, -0.2) is 0 Å². The number of hydrogen-bond donors (Lipinski definition) is 1. The Morgan fingerprint density at radius 1 is 1.58 bits per heavy atom. The van der Waals surface area contributed by atoms with Gasteiger partial charge in [0.1, 0.15) is 0 Å². The molecule has 1 atom stereocenters. The molecule has 0 saturated heterocycles. The smallest absolute Gasteiger partial charge is 0.0568 e. The summed E-state index contributed by atoms with van der Waals surface area (Å²) in [5.41, 5.74) is 1.32. The van der Waals surface area contributed by atoms with Crippen LogP contribution in [0.4, 0.5) is 0 Å². The molecule has 1 nitrogen and oxygen atoms in total. The van der Waals surface area contributed by atoms with Crippen molar-refractivity contribution in [1.82, 2.24) is 0 Å². The van der Waals surface area contributed by atoms with Crippen molar-refractivity contribution >= 4 is 0 Å². The molecule has 1 fully saturated rings. The van der Waals surface area contributed by atoms with Gasteiger partial charge in [0, 0.05) is 0 Å². The van der Waals surface area contributed by atoms with Crippen LogP contribution in [0.15, 0.2) is 12.2 Å². The second kappa shape index (κ2) is 4.66. The summed E-state index contributed by atoms with van der Waals surface area (Å²) in [5, 5.41) is 9.54. The predicted octanol–water partition coefficient (Wildman–Crippen LogP) is 2.89. The van der Waals surface area contributed by atoms with E-state index in [1.807, 2.05) is 0 Å². The molecule has 0 bridgehead atoms. The molecule has 12 heavy (non-hydrogen) atoms. The van der Waals surface area contributed by atoms with E-state index in [0.717, 1.165) is 25.7 Å². The molecule has 1 heteroatoms. The van der Waals surface area contributed by atoms with Gasteiger partial charge < -0.3 is 5.11 Å². The fraction of sp³-hybridized carbons (Fsp3) is 0.818. The molecule has 0 aromatic rings. The Balaban J connectivity index is 1.97. The first kappa shape index (κ1) is 9.79. The molecule has 1 aliphatic carbocycles. The summed E-state index contributed by atoms with van der Waals surface area (Å²) in [6.45, 7) is 6.09. The van der Waals surface area contributed by atoms with Gasteiger partial charge in [0.05, 0.1) is 6.10 Å². The molecule has 70 valence electrons. The molecule has 0 heterocycles. The average molecular weight is 168 g/mol. The maximum absolute atomic E-state index is 9.54. The van der Waals surface area contributed by atoms with Gasteiger partial charge in [0.25, 0.3) is 0 Å². The summed E-state index contributed by atoms with van der Waals surface area (Å²) in [4.78, 5) is 0. The van der Waals surface area contributed by atoms with Crippen molar-refractivity contribution in [3.05, 3.63) is 12.2 Å². The molecule has 1 aliphatic rings. The minimum Gasteiger partial charge on any atom is -0.393 e. The summed E-state index contributed by atoms with van der Waals surface area (Å²) in [6, 6.07) is 0. The molecule has 1 N–H and O–H groups in total. The first-order chi connectivity index (χ1) is 5.74. The normalized spacial score (nSPS) is 19.2. The lowest BCUT2D eigenvalue weighted by Crippen LogP contribution is -2.08. The van der Waals surface area contributed by atoms with Crippen molar-refractivity contribution in [2.24, 2.45) is 5.92 Å². The lowest BCUT2D eigenvalue weighted by atomic mass is 10.0. The van der Waals surface area contributed by atoms with Gasteiger partial charge in [0.2, 0.25) is 0 Å². The topological polar surface area (TPSA) is 20.2 Å². The van der Waals surface area contributed by atoms with Gasteiger partial charge in [-0.1, -0.05) is 19.1 Å². The van der Waals surface area contributed by atoms with Crippen LogP contribution < -0.4 is 0 Å². The molecule has 0 radical (unpaired) electrons. The van der Waals surface area contributed by atoms with E-state index in [-0.39, 0.29) is 6.10 Å². The molecule has 0 amide bonds. The largest absolute Gasteiger partial charge is 0.393 e. The van der Waals surface area contributed by atoms with Crippen LogP contribution in [0.1, 0.15) is 45.4 Å². The highest BCUT2D eigenvalue weighted by Gasteiger charge is 2.28. The number of allylic oxidation sites excluding steroid dienone is 1. The van der Waals surface area contributed by atoms with Crippen LogP contribution in [-0.4, -0.2) is 11.2 Å². The van der Waals surface area contributed by atoms with Crippen LogP contribution in [0.5, 0.6) is 0 Å². The Hall–Kier alpha value is -0.300. The fourth-order valence-corrected chi connectivity index (χ4v) is 1.45. The second-order valence-corrected chi connectivity index (χ2v) is 3.90. The average Bonchev–Trinajstić information content (AvgIpc) is 2.86. The van der Waals surface area contributed by atoms with Crippen LogP contribution in [0.25, 0.3) is 0 Å². The van der Waals surface area contributed by atoms with E-state index in [0.29, 0.717) is 5.92 Å². The monoisotopic (exact) mass is 168 g/mol. The minimum atomic E-state index is -0.0188. The third-order valence-electron chi connectivity index (χ3n) is 2.70. The van der Waals surface area contributed by atoms with Crippen LogP contribution in [0.2, 0.25) is 0 Å². The molecule has 1 saturated carbocycles. The fourth-order valence-electron chi connectivity index (χ4n) is 1.45. The number of aliphatic hydroxyl groups is 1.